The SMILES string of the molecule is CC(CC1CCCNC1)N1CCOCC1. The van der Waals surface area contributed by atoms with Gasteiger partial charge in [-0.05, 0) is 45.2 Å². The molecule has 3 heteroatoms. The number of nitrogens with one attached hydrogen (secondary N) is 1. The maximum atomic E-state index is 5.39. The summed E-state index contributed by atoms with van der Waals surface area (Å²) in [5.41, 5.74) is 0. The number of hydrogen-bond donors (Lipinski definition) is 1. The van der Waals surface area contributed by atoms with Crippen LogP contribution >= 0.6 is 0 Å². The Bertz CT molecular complexity index is 174. The lowest BCUT2D eigenvalue weighted by Crippen LogP contribution is -2.44. The normalized spacial score (nSPS) is 31.4. The Morgan fingerprint density at radius 1 is 1.40 bits per heavy atom. The van der Waals surface area contributed by atoms with E-state index < -0.39 is 0 Å². The minimum absolute atomic E-state index is 0.735. The number of ether oxygens (including phenoxy) is 1. The average Bonchev–Trinajstić information content (AvgIpc) is 2.31. The summed E-state index contributed by atoms with van der Waals surface area (Å²) in [6, 6.07) is 0.735. The second kappa shape index (κ2) is 5.83. The van der Waals surface area contributed by atoms with Gasteiger partial charge in [-0.25, -0.2) is 0 Å². The predicted octanol–water partition coefficient (Wildman–Crippen LogP) is 1.10. The molecule has 15 heavy (non-hydrogen) atoms. The Balaban J connectivity index is 1.72. The van der Waals surface area contributed by atoms with Crippen LogP contribution in [0.25, 0.3) is 0 Å². The van der Waals surface area contributed by atoms with Crippen molar-refractivity contribution in [3.8, 4) is 0 Å². The van der Waals surface area contributed by atoms with E-state index in [4.69, 9.17) is 4.74 Å². The van der Waals surface area contributed by atoms with Crippen molar-refractivity contribution in [1.29, 1.82) is 0 Å². The van der Waals surface area contributed by atoms with Gasteiger partial charge in [0.1, 0.15) is 0 Å². The first-order valence-corrected chi connectivity index (χ1v) is 6.39. The molecule has 88 valence electrons. The zero-order valence-electron chi connectivity index (χ0n) is 9.87. The Morgan fingerprint density at radius 3 is 2.87 bits per heavy atom. The van der Waals surface area contributed by atoms with E-state index in [1.54, 1.807) is 0 Å². The molecule has 0 aromatic heterocycles. The smallest absolute Gasteiger partial charge is 0.0594 e. The summed E-state index contributed by atoms with van der Waals surface area (Å²) < 4.78 is 5.39. The third-order valence-corrected chi connectivity index (χ3v) is 3.74. The van der Waals surface area contributed by atoms with E-state index in [1.165, 1.54) is 32.4 Å². The highest BCUT2D eigenvalue weighted by molar-refractivity contribution is 4.77. The van der Waals surface area contributed by atoms with Crippen LogP contribution < -0.4 is 5.32 Å². The van der Waals surface area contributed by atoms with Crippen molar-refractivity contribution in [2.45, 2.75) is 32.2 Å². The summed E-state index contributed by atoms with van der Waals surface area (Å²) in [5.74, 6) is 0.900. The minimum atomic E-state index is 0.735. The van der Waals surface area contributed by atoms with Gasteiger partial charge in [0.2, 0.25) is 0 Å². The summed E-state index contributed by atoms with van der Waals surface area (Å²) in [5, 5.41) is 3.50. The molecule has 2 heterocycles. The maximum Gasteiger partial charge on any atom is 0.0594 e. The monoisotopic (exact) mass is 212 g/mol. The Hall–Kier alpha value is -0.120. The van der Waals surface area contributed by atoms with Gasteiger partial charge in [-0.15, -0.1) is 0 Å². The van der Waals surface area contributed by atoms with Gasteiger partial charge in [0.25, 0.3) is 0 Å². The molecule has 1 N–H and O–H groups in total. The zero-order valence-corrected chi connectivity index (χ0v) is 9.87. The van der Waals surface area contributed by atoms with Crippen LogP contribution in [0, 0.1) is 5.92 Å². The molecule has 0 bridgehead atoms. The van der Waals surface area contributed by atoms with Crippen LogP contribution in [0.2, 0.25) is 0 Å². The number of nitrogens with zero attached hydrogens (tertiary/aromatic N) is 1. The Morgan fingerprint density at radius 2 is 2.20 bits per heavy atom. The van der Waals surface area contributed by atoms with E-state index in [-0.39, 0.29) is 0 Å². The van der Waals surface area contributed by atoms with Crippen molar-refractivity contribution in [3.05, 3.63) is 0 Å². The largest absolute Gasteiger partial charge is 0.379 e. The van der Waals surface area contributed by atoms with Crippen LogP contribution in [0.15, 0.2) is 0 Å². The van der Waals surface area contributed by atoms with Gasteiger partial charge in [0, 0.05) is 19.1 Å². The number of piperidine rings is 1. The van der Waals surface area contributed by atoms with Crippen molar-refractivity contribution in [1.82, 2.24) is 10.2 Å². The third kappa shape index (κ3) is 3.44. The molecule has 0 saturated carbocycles. The lowest BCUT2D eigenvalue weighted by atomic mass is 9.92. The fourth-order valence-corrected chi connectivity index (χ4v) is 2.77. The standard InChI is InChI=1S/C12H24N2O/c1-11(14-5-7-15-8-6-14)9-12-3-2-4-13-10-12/h11-13H,2-10H2,1H3. The van der Waals surface area contributed by atoms with E-state index in [9.17, 15) is 0 Å². The lowest BCUT2D eigenvalue weighted by molar-refractivity contribution is 0.0146. The van der Waals surface area contributed by atoms with Gasteiger partial charge < -0.3 is 10.1 Å². The van der Waals surface area contributed by atoms with Gasteiger partial charge >= 0.3 is 0 Å². The van der Waals surface area contributed by atoms with Crippen molar-refractivity contribution in [3.63, 3.8) is 0 Å². The van der Waals surface area contributed by atoms with Crippen molar-refractivity contribution in [2.24, 2.45) is 5.92 Å². The molecule has 2 rings (SSSR count). The van der Waals surface area contributed by atoms with Crippen LogP contribution in [0.5, 0.6) is 0 Å². The molecular formula is C12H24N2O. The van der Waals surface area contributed by atoms with Gasteiger partial charge in [0.15, 0.2) is 0 Å². The van der Waals surface area contributed by atoms with Crippen molar-refractivity contribution >= 4 is 0 Å². The van der Waals surface area contributed by atoms with E-state index >= 15 is 0 Å². The topological polar surface area (TPSA) is 24.5 Å². The zero-order chi connectivity index (χ0) is 10.5. The molecule has 0 amide bonds. The number of rotatable bonds is 3. The summed E-state index contributed by atoms with van der Waals surface area (Å²) in [7, 11) is 0. The Labute approximate surface area is 93.2 Å². The quantitative estimate of drug-likeness (QED) is 0.758. The summed E-state index contributed by atoms with van der Waals surface area (Å²) >= 11 is 0. The molecule has 2 atom stereocenters. The van der Waals surface area contributed by atoms with Gasteiger partial charge in [-0.3, -0.25) is 4.90 Å². The molecule has 0 aromatic rings. The molecule has 0 spiro atoms. The second-order valence-corrected chi connectivity index (χ2v) is 4.95. The van der Waals surface area contributed by atoms with Crippen LogP contribution in [0.4, 0.5) is 0 Å². The van der Waals surface area contributed by atoms with Crippen molar-refractivity contribution < 1.29 is 4.74 Å². The molecule has 2 fully saturated rings. The maximum absolute atomic E-state index is 5.39. The van der Waals surface area contributed by atoms with E-state index in [0.29, 0.717) is 0 Å². The fraction of sp³-hybridized carbons (Fsp3) is 1.00. The van der Waals surface area contributed by atoms with Gasteiger partial charge in [0.05, 0.1) is 13.2 Å². The second-order valence-electron chi connectivity index (χ2n) is 4.95. The summed E-state index contributed by atoms with van der Waals surface area (Å²) in [6.45, 7) is 8.93. The van der Waals surface area contributed by atoms with E-state index in [2.05, 4.69) is 17.1 Å². The fourth-order valence-electron chi connectivity index (χ4n) is 2.77. The molecule has 3 nitrogen and oxygen atoms in total. The Kier molecular flexibility index (Phi) is 4.42. The highest BCUT2D eigenvalue weighted by Gasteiger charge is 2.21. The van der Waals surface area contributed by atoms with Crippen LogP contribution in [0.1, 0.15) is 26.2 Å². The number of morpholine rings is 1. The van der Waals surface area contributed by atoms with E-state index in [1.807, 2.05) is 0 Å². The first-order chi connectivity index (χ1) is 7.36. The molecule has 2 saturated heterocycles. The minimum Gasteiger partial charge on any atom is -0.379 e. The highest BCUT2D eigenvalue weighted by atomic mass is 16.5. The molecule has 0 radical (unpaired) electrons. The lowest BCUT2D eigenvalue weighted by Gasteiger charge is -2.35. The highest BCUT2D eigenvalue weighted by Crippen LogP contribution is 2.19. The third-order valence-electron chi connectivity index (χ3n) is 3.74. The van der Waals surface area contributed by atoms with Gasteiger partial charge in [-0.1, -0.05) is 0 Å². The number of hydrogen-bond acceptors (Lipinski definition) is 3. The van der Waals surface area contributed by atoms with Crippen molar-refractivity contribution in [2.75, 3.05) is 39.4 Å². The molecule has 2 unspecified atom stereocenters. The van der Waals surface area contributed by atoms with Crippen LogP contribution in [-0.4, -0.2) is 50.3 Å². The van der Waals surface area contributed by atoms with Crippen LogP contribution in [0.3, 0.4) is 0 Å². The van der Waals surface area contributed by atoms with Crippen LogP contribution in [-0.2, 0) is 4.74 Å². The molecule has 0 aliphatic carbocycles. The molecular weight excluding hydrogens is 188 g/mol. The summed E-state index contributed by atoms with van der Waals surface area (Å²) in [6.07, 6.45) is 4.13. The van der Waals surface area contributed by atoms with E-state index in [0.717, 1.165) is 38.3 Å². The predicted molar refractivity (Wildman–Crippen MR) is 62.1 cm³/mol. The summed E-state index contributed by atoms with van der Waals surface area (Å²) in [4.78, 5) is 2.58. The average molecular weight is 212 g/mol. The van der Waals surface area contributed by atoms with Gasteiger partial charge in [-0.2, -0.15) is 0 Å². The first-order valence-electron chi connectivity index (χ1n) is 6.39. The molecule has 2 aliphatic rings. The molecule has 0 aromatic carbocycles. The first kappa shape index (κ1) is 11.4. The molecule has 2 aliphatic heterocycles.